The summed E-state index contributed by atoms with van der Waals surface area (Å²) in [6, 6.07) is 7.44. The molecule has 0 aliphatic heterocycles. The van der Waals surface area contributed by atoms with Gasteiger partial charge >= 0.3 is 11.9 Å². The van der Waals surface area contributed by atoms with Gasteiger partial charge in [-0.3, -0.25) is 4.79 Å². The van der Waals surface area contributed by atoms with Crippen molar-refractivity contribution in [3.05, 3.63) is 41.0 Å². The van der Waals surface area contributed by atoms with Crippen LogP contribution in [0.3, 0.4) is 0 Å². The van der Waals surface area contributed by atoms with Crippen molar-refractivity contribution in [2.45, 2.75) is 32.6 Å². The number of hydrogen-bond donors (Lipinski definition) is 2. The quantitative estimate of drug-likeness (QED) is 0.818. The van der Waals surface area contributed by atoms with E-state index in [9.17, 15) is 9.59 Å². The molecule has 102 valence electrons. The lowest BCUT2D eigenvalue weighted by atomic mass is 9.86. The fourth-order valence-electron chi connectivity index (χ4n) is 1.63. The summed E-state index contributed by atoms with van der Waals surface area (Å²) < 4.78 is 0. The van der Waals surface area contributed by atoms with E-state index >= 15 is 0 Å². The molecule has 0 spiro atoms. The number of carboxylic acids is 2. The number of aliphatic carboxylic acids is 2. The topological polar surface area (TPSA) is 74.6 Å². The lowest BCUT2D eigenvalue weighted by Crippen LogP contribution is -2.10. The maximum Gasteiger partial charge on any atom is 0.332 e. The average molecular weight is 262 g/mol. The molecule has 0 radical (unpaired) electrons. The van der Waals surface area contributed by atoms with E-state index in [0.717, 1.165) is 5.56 Å². The van der Waals surface area contributed by atoms with Gasteiger partial charge in [0.05, 0.1) is 6.42 Å². The lowest BCUT2D eigenvalue weighted by Gasteiger charge is -2.18. The first-order chi connectivity index (χ1) is 8.70. The van der Waals surface area contributed by atoms with Crippen molar-refractivity contribution in [2.75, 3.05) is 0 Å². The molecule has 2 N–H and O–H groups in total. The summed E-state index contributed by atoms with van der Waals surface area (Å²) in [4.78, 5) is 21.5. The molecule has 4 nitrogen and oxygen atoms in total. The number of carboxylic acid groups (broad SMARTS) is 2. The van der Waals surface area contributed by atoms with Gasteiger partial charge in [-0.1, -0.05) is 45.0 Å². The van der Waals surface area contributed by atoms with Gasteiger partial charge in [-0.15, -0.1) is 0 Å². The van der Waals surface area contributed by atoms with Crippen LogP contribution in [0, 0.1) is 0 Å². The monoisotopic (exact) mass is 262 g/mol. The molecule has 1 aromatic carbocycles. The predicted molar refractivity (Wildman–Crippen MR) is 73.0 cm³/mol. The van der Waals surface area contributed by atoms with Crippen LogP contribution in [0.1, 0.15) is 38.3 Å². The highest BCUT2D eigenvalue weighted by atomic mass is 16.4. The third-order valence-corrected chi connectivity index (χ3v) is 2.73. The normalized spacial score (nSPS) is 12.3. The molecule has 0 atom stereocenters. The number of rotatable bonds is 4. The number of carbonyl (C=O) groups is 2. The van der Waals surface area contributed by atoms with Crippen LogP contribution in [0.4, 0.5) is 0 Å². The molecule has 0 aliphatic rings. The van der Waals surface area contributed by atoms with Crippen LogP contribution in [0.15, 0.2) is 29.8 Å². The molecule has 0 bridgehead atoms. The fraction of sp³-hybridized carbons (Fsp3) is 0.333. The molecular formula is C15H18O4. The Kier molecular flexibility index (Phi) is 4.48. The molecule has 1 rings (SSSR count). The van der Waals surface area contributed by atoms with Crippen molar-refractivity contribution in [1.29, 1.82) is 0 Å². The second kappa shape index (κ2) is 5.69. The van der Waals surface area contributed by atoms with Crippen molar-refractivity contribution in [3.8, 4) is 0 Å². The van der Waals surface area contributed by atoms with E-state index in [1.54, 1.807) is 12.1 Å². The molecule has 1 aromatic rings. The zero-order valence-corrected chi connectivity index (χ0v) is 11.3. The minimum absolute atomic E-state index is 0.0267. The van der Waals surface area contributed by atoms with Gasteiger partial charge in [0.1, 0.15) is 0 Å². The Balaban J connectivity index is 3.03. The summed E-state index contributed by atoms with van der Waals surface area (Å²) in [6.07, 6.45) is 0.902. The highest BCUT2D eigenvalue weighted by Crippen LogP contribution is 2.23. The van der Waals surface area contributed by atoms with Gasteiger partial charge in [0.25, 0.3) is 0 Å². The summed E-state index contributed by atoms with van der Waals surface area (Å²) in [5, 5.41) is 17.6. The molecule has 0 amide bonds. The van der Waals surface area contributed by atoms with E-state index in [1.807, 2.05) is 12.1 Å². The zero-order valence-electron chi connectivity index (χ0n) is 11.3. The Hall–Kier alpha value is -2.10. The molecule has 4 heteroatoms. The Morgan fingerprint density at radius 1 is 1.11 bits per heavy atom. The third kappa shape index (κ3) is 4.58. The fourth-order valence-corrected chi connectivity index (χ4v) is 1.63. The summed E-state index contributed by atoms with van der Waals surface area (Å²) in [5.74, 6) is -2.36. The molecule has 0 saturated carbocycles. The molecule has 0 aliphatic carbocycles. The van der Waals surface area contributed by atoms with Gasteiger partial charge in [-0.2, -0.15) is 0 Å². The second-order valence-corrected chi connectivity index (χ2v) is 5.42. The summed E-state index contributed by atoms with van der Waals surface area (Å²) in [6.45, 7) is 6.26. The molecule has 0 unspecified atom stereocenters. The van der Waals surface area contributed by atoms with Gasteiger partial charge in [0.2, 0.25) is 0 Å². The first-order valence-corrected chi connectivity index (χ1v) is 5.96. The SMILES string of the molecule is CC(C)(C)c1ccc(/C=C(/CC(=O)O)C(=O)O)cc1. The molecular weight excluding hydrogens is 244 g/mol. The third-order valence-electron chi connectivity index (χ3n) is 2.73. The average Bonchev–Trinajstić information content (AvgIpc) is 2.27. The van der Waals surface area contributed by atoms with Crippen LogP contribution >= 0.6 is 0 Å². The standard InChI is InChI=1S/C15H18O4/c1-15(2,3)12-6-4-10(5-7-12)8-11(14(18)19)9-13(16)17/h4-8H,9H2,1-3H3,(H,16,17)(H,18,19)/b11-8-. The smallest absolute Gasteiger partial charge is 0.332 e. The highest BCUT2D eigenvalue weighted by Gasteiger charge is 2.14. The maximum atomic E-state index is 10.9. The van der Waals surface area contributed by atoms with E-state index in [0.29, 0.717) is 5.56 Å². The van der Waals surface area contributed by atoms with Gasteiger partial charge < -0.3 is 10.2 Å². The van der Waals surface area contributed by atoms with E-state index in [4.69, 9.17) is 10.2 Å². The predicted octanol–water partition coefficient (Wildman–Crippen LogP) is 2.93. The second-order valence-electron chi connectivity index (χ2n) is 5.42. The molecule has 19 heavy (non-hydrogen) atoms. The largest absolute Gasteiger partial charge is 0.481 e. The molecule has 0 fully saturated rings. The van der Waals surface area contributed by atoms with Gasteiger partial charge in [-0.05, 0) is 22.6 Å². The van der Waals surface area contributed by atoms with Gasteiger partial charge in [0.15, 0.2) is 0 Å². The van der Waals surface area contributed by atoms with Crippen molar-refractivity contribution in [2.24, 2.45) is 0 Å². The van der Waals surface area contributed by atoms with Crippen molar-refractivity contribution in [1.82, 2.24) is 0 Å². The van der Waals surface area contributed by atoms with Crippen LogP contribution in [0.2, 0.25) is 0 Å². The number of hydrogen-bond acceptors (Lipinski definition) is 2. The Morgan fingerprint density at radius 2 is 1.63 bits per heavy atom. The first-order valence-electron chi connectivity index (χ1n) is 5.96. The molecule has 0 saturated heterocycles. The summed E-state index contributed by atoms with van der Waals surface area (Å²) in [5.41, 5.74) is 1.72. The van der Waals surface area contributed by atoms with Crippen molar-refractivity contribution in [3.63, 3.8) is 0 Å². The Bertz CT molecular complexity index is 504. The molecule has 0 aromatic heterocycles. The Labute approximate surface area is 112 Å². The van der Waals surface area contributed by atoms with Crippen LogP contribution in [0.5, 0.6) is 0 Å². The van der Waals surface area contributed by atoms with E-state index in [-0.39, 0.29) is 11.0 Å². The zero-order chi connectivity index (χ0) is 14.6. The van der Waals surface area contributed by atoms with Crippen molar-refractivity contribution >= 4 is 18.0 Å². The minimum atomic E-state index is -1.21. The van der Waals surface area contributed by atoms with E-state index in [1.165, 1.54) is 6.08 Å². The van der Waals surface area contributed by atoms with Gasteiger partial charge in [0, 0.05) is 5.57 Å². The van der Waals surface area contributed by atoms with Crippen LogP contribution in [0.25, 0.3) is 6.08 Å². The Morgan fingerprint density at radius 3 is 2.00 bits per heavy atom. The van der Waals surface area contributed by atoms with Crippen molar-refractivity contribution < 1.29 is 19.8 Å². The van der Waals surface area contributed by atoms with E-state index in [2.05, 4.69) is 20.8 Å². The lowest BCUT2D eigenvalue weighted by molar-refractivity contribution is -0.139. The van der Waals surface area contributed by atoms with E-state index < -0.39 is 18.4 Å². The van der Waals surface area contributed by atoms with Crippen LogP contribution < -0.4 is 0 Å². The van der Waals surface area contributed by atoms with Crippen LogP contribution in [-0.4, -0.2) is 22.2 Å². The maximum absolute atomic E-state index is 10.9. The summed E-state index contributed by atoms with van der Waals surface area (Å²) in [7, 11) is 0. The first kappa shape index (κ1) is 15.0. The number of benzene rings is 1. The highest BCUT2D eigenvalue weighted by molar-refractivity contribution is 5.96. The van der Waals surface area contributed by atoms with Crippen LogP contribution in [-0.2, 0) is 15.0 Å². The summed E-state index contributed by atoms with van der Waals surface area (Å²) >= 11 is 0. The molecule has 0 heterocycles. The minimum Gasteiger partial charge on any atom is -0.481 e. The van der Waals surface area contributed by atoms with Gasteiger partial charge in [-0.25, -0.2) is 4.79 Å².